The van der Waals surface area contributed by atoms with Crippen LogP contribution in [0.3, 0.4) is 0 Å². The number of carbonyl (C=O) groups excluding carboxylic acids is 2. The molecule has 0 bridgehead atoms. The zero-order chi connectivity index (χ0) is 20.6. The minimum atomic E-state index is -0.403. The van der Waals surface area contributed by atoms with E-state index in [0.717, 1.165) is 10.5 Å². The molecule has 3 rings (SSSR count). The number of amides is 1. The first kappa shape index (κ1) is 21.1. The van der Waals surface area contributed by atoms with Gasteiger partial charge >= 0.3 is 5.97 Å². The third-order valence-electron chi connectivity index (χ3n) is 4.07. The number of thioether (sulfide) groups is 1. The van der Waals surface area contributed by atoms with Gasteiger partial charge in [-0.05, 0) is 31.5 Å². The molecular weight excluding hydrogens is 404 g/mol. The third-order valence-corrected chi connectivity index (χ3v) is 6.22. The van der Waals surface area contributed by atoms with Gasteiger partial charge in [0.2, 0.25) is 5.91 Å². The van der Waals surface area contributed by atoms with Gasteiger partial charge in [0, 0.05) is 4.90 Å². The molecule has 3 aromatic rings. The maximum atomic E-state index is 13.1. The Balaban J connectivity index is 1.83. The molecule has 5 nitrogen and oxygen atoms in total. The van der Waals surface area contributed by atoms with E-state index in [1.165, 1.54) is 23.1 Å². The van der Waals surface area contributed by atoms with Crippen molar-refractivity contribution >= 4 is 40.1 Å². The summed E-state index contributed by atoms with van der Waals surface area (Å²) in [7, 11) is 0. The van der Waals surface area contributed by atoms with Crippen LogP contribution in [0.2, 0.25) is 0 Å². The minimum Gasteiger partial charge on any atom is -0.462 e. The average Bonchev–Trinajstić information content (AvgIpc) is 3.13. The second kappa shape index (κ2) is 10.2. The quantitative estimate of drug-likeness (QED) is 0.377. The lowest BCUT2D eigenvalue weighted by atomic mass is 10.2. The van der Waals surface area contributed by atoms with Crippen LogP contribution < -0.4 is 4.90 Å². The summed E-state index contributed by atoms with van der Waals surface area (Å²) >= 11 is 2.68. The predicted octanol–water partition coefficient (Wildman–Crippen LogP) is 4.95. The topological polar surface area (TPSA) is 59.5 Å². The molecule has 0 saturated heterocycles. The van der Waals surface area contributed by atoms with Crippen molar-refractivity contribution in [1.82, 2.24) is 4.98 Å². The van der Waals surface area contributed by atoms with E-state index in [0.29, 0.717) is 28.9 Å². The number of esters is 1. The van der Waals surface area contributed by atoms with E-state index in [4.69, 9.17) is 4.74 Å². The Morgan fingerprint density at radius 1 is 1.07 bits per heavy atom. The first-order valence-corrected chi connectivity index (χ1v) is 11.1. The lowest BCUT2D eigenvalue weighted by Gasteiger charge is -2.20. The van der Waals surface area contributed by atoms with Gasteiger partial charge in [0.1, 0.15) is 4.88 Å². The van der Waals surface area contributed by atoms with Crippen LogP contribution in [0.25, 0.3) is 0 Å². The zero-order valence-electron chi connectivity index (χ0n) is 16.3. The van der Waals surface area contributed by atoms with Crippen LogP contribution in [0, 0.1) is 6.92 Å². The molecule has 0 atom stereocenters. The Labute approximate surface area is 178 Å². The number of rotatable bonds is 8. The molecule has 0 spiro atoms. The lowest BCUT2D eigenvalue weighted by Crippen LogP contribution is -2.31. The fraction of sp³-hybridized carbons (Fsp3) is 0.227. The van der Waals surface area contributed by atoms with Gasteiger partial charge in [0.05, 0.1) is 24.6 Å². The van der Waals surface area contributed by atoms with Gasteiger partial charge in [-0.15, -0.1) is 11.8 Å². The standard InChI is InChI=1S/C22H22N2O3S2/c1-3-27-21(26)20-16(2)23-22(29-20)24(14-17-10-6-4-7-11-17)19(25)15-28-18-12-8-5-9-13-18/h4-13H,3,14-15H2,1-2H3. The molecule has 0 N–H and O–H groups in total. The van der Waals surface area contributed by atoms with Crippen LogP contribution in [0.4, 0.5) is 5.13 Å². The van der Waals surface area contributed by atoms with E-state index in [1.807, 2.05) is 60.7 Å². The van der Waals surface area contributed by atoms with E-state index in [9.17, 15) is 9.59 Å². The lowest BCUT2D eigenvalue weighted by molar-refractivity contribution is -0.116. The van der Waals surface area contributed by atoms with Crippen molar-refractivity contribution < 1.29 is 14.3 Å². The molecule has 0 aliphatic carbocycles. The maximum absolute atomic E-state index is 13.1. The molecule has 1 aromatic heterocycles. The summed E-state index contributed by atoms with van der Waals surface area (Å²) in [4.78, 5) is 32.9. The fourth-order valence-electron chi connectivity index (χ4n) is 2.65. The van der Waals surface area contributed by atoms with E-state index < -0.39 is 5.97 Å². The number of ether oxygens (including phenoxy) is 1. The molecule has 7 heteroatoms. The normalized spacial score (nSPS) is 10.6. The summed E-state index contributed by atoms with van der Waals surface area (Å²) in [6.07, 6.45) is 0. The summed E-state index contributed by atoms with van der Waals surface area (Å²) in [5.41, 5.74) is 1.57. The number of benzene rings is 2. The van der Waals surface area contributed by atoms with Crippen LogP contribution in [-0.2, 0) is 16.1 Å². The number of aryl methyl sites for hydroxylation is 1. The molecule has 0 radical (unpaired) electrons. The molecule has 2 aromatic carbocycles. The monoisotopic (exact) mass is 426 g/mol. The van der Waals surface area contributed by atoms with Gasteiger partial charge in [-0.1, -0.05) is 59.9 Å². The Hall–Kier alpha value is -2.64. The van der Waals surface area contributed by atoms with Crippen LogP contribution in [0.1, 0.15) is 27.9 Å². The number of hydrogen-bond acceptors (Lipinski definition) is 6. The molecule has 1 heterocycles. The highest BCUT2D eigenvalue weighted by molar-refractivity contribution is 8.00. The van der Waals surface area contributed by atoms with Crippen molar-refractivity contribution in [3.63, 3.8) is 0 Å². The molecule has 0 unspecified atom stereocenters. The highest BCUT2D eigenvalue weighted by atomic mass is 32.2. The van der Waals surface area contributed by atoms with Gasteiger partial charge < -0.3 is 4.74 Å². The Kier molecular flexibility index (Phi) is 7.43. The van der Waals surface area contributed by atoms with Crippen LogP contribution in [-0.4, -0.2) is 29.2 Å². The molecule has 0 aliphatic rings. The van der Waals surface area contributed by atoms with Crippen molar-refractivity contribution in [2.75, 3.05) is 17.3 Å². The number of thiazole rings is 1. The second-order valence-electron chi connectivity index (χ2n) is 6.20. The third kappa shape index (κ3) is 5.68. The van der Waals surface area contributed by atoms with Gasteiger partial charge in [-0.25, -0.2) is 9.78 Å². The zero-order valence-corrected chi connectivity index (χ0v) is 18.0. The number of aromatic nitrogens is 1. The van der Waals surface area contributed by atoms with E-state index >= 15 is 0 Å². The van der Waals surface area contributed by atoms with E-state index in [-0.39, 0.29) is 11.7 Å². The summed E-state index contributed by atoms with van der Waals surface area (Å²) < 4.78 is 5.11. The highest BCUT2D eigenvalue weighted by Gasteiger charge is 2.24. The first-order valence-electron chi connectivity index (χ1n) is 9.25. The molecule has 0 saturated carbocycles. The number of carbonyl (C=O) groups is 2. The smallest absolute Gasteiger partial charge is 0.350 e. The van der Waals surface area contributed by atoms with Crippen molar-refractivity contribution in [3.05, 3.63) is 76.8 Å². The molecule has 150 valence electrons. The predicted molar refractivity (Wildman–Crippen MR) is 118 cm³/mol. The molecule has 29 heavy (non-hydrogen) atoms. The summed E-state index contributed by atoms with van der Waals surface area (Å²) in [5.74, 6) is -0.184. The summed E-state index contributed by atoms with van der Waals surface area (Å²) in [6.45, 7) is 4.22. The van der Waals surface area contributed by atoms with E-state index in [2.05, 4.69) is 4.98 Å². The molecular formula is C22H22N2O3S2. The van der Waals surface area contributed by atoms with Crippen molar-refractivity contribution in [1.29, 1.82) is 0 Å². The van der Waals surface area contributed by atoms with Crippen LogP contribution >= 0.6 is 23.1 Å². The fourth-order valence-corrected chi connectivity index (χ4v) is 4.42. The van der Waals surface area contributed by atoms with Gasteiger partial charge in [0.15, 0.2) is 5.13 Å². The van der Waals surface area contributed by atoms with Crippen molar-refractivity contribution in [3.8, 4) is 0 Å². The minimum absolute atomic E-state index is 0.0631. The maximum Gasteiger partial charge on any atom is 0.350 e. The Morgan fingerprint density at radius 2 is 1.72 bits per heavy atom. The summed E-state index contributed by atoms with van der Waals surface area (Å²) in [6, 6.07) is 19.6. The van der Waals surface area contributed by atoms with Gasteiger partial charge in [0.25, 0.3) is 0 Å². The van der Waals surface area contributed by atoms with Gasteiger partial charge in [-0.2, -0.15) is 0 Å². The largest absolute Gasteiger partial charge is 0.462 e. The Bertz CT molecular complexity index is 959. The van der Waals surface area contributed by atoms with Crippen molar-refractivity contribution in [2.24, 2.45) is 0 Å². The number of nitrogens with zero attached hydrogens (tertiary/aromatic N) is 2. The number of anilines is 1. The highest BCUT2D eigenvalue weighted by Crippen LogP contribution is 2.29. The first-order chi connectivity index (χ1) is 14.1. The molecule has 0 fully saturated rings. The second-order valence-corrected chi connectivity index (χ2v) is 8.22. The SMILES string of the molecule is CCOC(=O)c1sc(N(Cc2ccccc2)C(=O)CSc2ccccc2)nc1C. The Morgan fingerprint density at radius 3 is 2.38 bits per heavy atom. The van der Waals surface area contributed by atoms with Gasteiger partial charge in [-0.3, -0.25) is 9.69 Å². The number of hydrogen-bond donors (Lipinski definition) is 0. The summed E-state index contributed by atoms with van der Waals surface area (Å²) in [5, 5.41) is 0.507. The molecule has 0 aliphatic heterocycles. The van der Waals surface area contributed by atoms with Crippen LogP contribution in [0.5, 0.6) is 0 Å². The van der Waals surface area contributed by atoms with E-state index in [1.54, 1.807) is 18.7 Å². The molecule has 1 amide bonds. The van der Waals surface area contributed by atoms with Crippen molar-refractivity contribution in [2.45, 2.75) is 25.3 Å². The average molecular weight is 427 g/mol. The van der Waals surface area contributed by atoms with Crippen LogP contribution in [0.15, 0.2) is 65.6 Å².